The van der Waals surface area contributed by atoms with Crippen LogP contribution in [0.25, 0.3) is 0 Å². The van der Waals surface area contributed by atoms with E-state index in [4.69, 9.17) is 9.84 Å². The lowest BCUT2D eigenvalue weighted by Crippen LogP contribution is -2.51. The van der Waals surface area contributed by atoms with Crippen LogP contribution in [0.2, 0.25) is 0 Å². The molecular weight excluding hydrogens is 222 g/mol. The number of rotatable bonds is 1. The van der Waals surface area contributed by atoms with E-state index in [-0.39, 0.29) is 0 Å². The average Bonchev–Trinajstić information content (AvgIpc) is 2.14. The van der Waals surface area contributed by atoms with Crippen molar-refractivity contribution in [2.45, 2.75) is 52.2 Å². The largest absolute Gasteiger partial charge is 0.480 e. The van der Waals surface area contributed by atoms with Gasteiger partial charge in [-0.1, -0.05) is 6.92 Å². The van der Waals surface area contributed by atoms with Crippen LogP contribution >= 0.6 is 0 Å². The smallest absolute Gasteiger partial charge is 0.411 e. The van der Waals surface area contributed by atoms with E-state index in [0.29, 0.717) is 18.9 Å². The number of carbonyl (C=O) groups is 2. The Bertz CT molecular complexity index is 308. The lowest BCUT2D eigenvalue weighted by atomic mass is 9.93. The first kappa shape index (κ1) is 13.8. The zero-order valence-corrected chi connectivity index (χ0v) is 10.9. The van der Waals surface area contributed by atoms with Gasteiger partial charge in [-0.2, -0.15) is 0 Å². The minimum atomic E-state index is -0.956. The maximum atomic E-state index is 11.9. The zero-order valence-electron chi connectivity index (χ0n) is 10.9. The Morgan fingerprint density at radius 2 is 1.94 bits per heavy atom. The third-order valence-electron chi connectivity index (χ3n) is 2.78. The molecule has 0 unspecified atom stereocenters. The highest BCUT2D eigenvalue weighted by molar-refractivity contribution is 5.80. The van der Waals surface area contributed by atoms with E-state index >= 15 is 0 Å². The first-order valence-electron chi connectivity index (χ1n) is 5.93. The van der Waals surface area contributed by atoms with Crippen LogP contribution in [0.15, 0.2) is 0 Å². The SMILES string of the molecule is C[C@H]1CCN(C(=O)OC(C)(C)C)[C@H](C(=O)O)C1. The van der Waals surface area contributed by atoms with Crippen molar-refractivity contribution < 1.29 is 19.4 Å². The molecule has 1 aliphatic heterocycles. The predicted molar refractivity (Wildman–Crippen MR) is 62.8 cm³/mol. The molecule has 0 aliphatic carbocycles. The third kappa shape index (κ3) is 3.91. The van der Waals surface area contributed by atoms with Crippen molar-refractivity contribution >= 4 is 12.1 Å². The molecule has 1 rings (SSSR count). The molecule has 17 heavy (non-hydrogen) atoms. The van der Waals surface area contributed by atoms with Crippen LogP contribution in [-0.4, -0.2) is 40.3 Å². The molecule has 1 amide bonds. The van der Waals surface area contributed by atoms with E-state index < -0.39 is 23.7 Å². The Kier molecular flexibility index (Phi) is 4.01. The van der Waals surface area contributed by atoms with Crippen LogP contribution in [0.4, 0.5) is 4.79 Å². The summed E-state index contributed by atoms with van der Waals surface area (Å²) >= 11 is 0. The van der Waals surface area contributed by atoms with Gasteiger partial charge in [-0.05, 0) is 39.5 Å². The minimum absolute atomic E-state index is 0.329. The second-order valence-electron chi connectivity index (χ2n) is 5.66. The summed E-state index contributed by atoms with van der Waals surface area (Å²) in [6.07, 6.45) is 0.786. The Morgan fingerprint density at radius 3 is 2.41 bits per heavy atom. The number of carbonyl (C=O) groups excluding carboxylic acids is 1. The van der Waals surface area contributed by atoms with E-state index in [1.165, 1.54) is 4.90 Å². The molecule has 1 saturated heterocycles. The molecule has 0 aromatic rings. The van der Waals surface area contributed by atoms with Gasteiger partial charge in [0.2, 0.25) is 0 Å². The number of amides is 1. The quantitative estimate of drug-likeness (QED) is 0.766. The highest BCUT2D eigenvalue weighted by Gasteiger charge is 2.36. The van der Waals surface area contributed by atoms with Gasteiger partial charge in [0.1, 0.15) is 11.6 Å². The normalized spacial score (nSPS) is 25.5. The monoisotopic (exact) mass is 243 g/mol. The fourth-order valence-electron chi connectivity index (χ4n) is 1.91. The summed E-state index contributed by atoms with van der Waals surface area (Å²) < 4.78 is 5.22. The molecule has 98 valence electrons. The fraction of sp³-hybridized carbons (Fsp3) is 0.833. The molecule has 0 aromatic heterocycles. The van der Waals surface area contributed by atoms with Crippen molar-refractivity contribution in [2.75, 3.05) is 6.54 Å². The predicted octanol–water partition coefficient (Wildman–Crippen LogP) is 2.11. The van der Waals surface area contributed by atoms with Gasteiger partial charge in [-0.15, -0.1) is 0 Å². The van der Waals surface area contributed by atoms with E-state index in [2.05, 4.69) is 0 Å². The summed E-state index contributed by atoms with van der Waals surface area (Å²) in [6, 6.07) is -0.756. The maximum absolute atomic E-state index is 11.9. The molecule has 0 spiro atoms. The van der Waals surface area contributed by atoms with Crippen molar-refractivity contribution in [1.29, 1.82) is 0 Å². The molecule has 1 aliphatic rings. The number of carboxylic acids is 1. The lowest BCUT2D eigenvalue weighted by Gasteiger charge is -2.36. The van der Waals surface area contributed by atoms with E-state index in [9.17, 15) is 9.59 Å². The number of carboxylic acid groups (broad SMARTS) is 1. The highest BCUT2D eigenvalue weighted by atomic mass is 16.6. The van der Waals surface area contributed by atoms with Crippen LogP contribution in [0.3, 0.4) is 0 Å². The van der Waals surface area contributed by atoms with E-state index in [0.717, 1.165) is 6.42 Å². The molecule has 0 aromatic carbocycles. The van der Waals surface area contributed by atoms with Crippen LogP contribution in [0.1, 0.15) is 40.5 Å². The van der Waals surface area contributed by atoms with Crippen molar-refractivity contribution in [3.05, 3.63) is 0 Å². The second-order valence-corrected chi connectivity index (χ2v) is 5.66. The van der Waals surface area contributed by atoms with Gasteiger partial charge >= 0.3 is 12.1 Å². The van der Waals surface area contributed by atoms with Crippen molar-refractivity contribution in [2.24, 2.45) is 5.92 Å². The number of ether oxygens (including phenoxy) is 1. The minimum Gasteiger partial charge on any atom is -0.480 e. The molecule has 1 heterocycles. The molecule has 2 atom stereocenters. The average molecular weight is 243 g/mol. The zero-order chi connectivity index (χ0) is 13.2. The number of aliphatic carboxylic acids is 1. The first-order valence-corrected chi connectivity index (χ1v) is 5.93. The number of hydrogen-bond donors (Lipinski definition) is 1. The third-order valence-corrected chi connectivity index (χ3v) is 2.78. The van der Waals surface area contributed by atoms with Gasteiger partial charge in [-0.25, -0.2) is 9.59 Å². The topological polar surface area (TPSA) is 66.8 Å². The Balaban J connectivity index is 2.73. The van der Waals surface area contributed by atoms with Gasteiger partial charge in [0, 0.05) is 6.54 Å². The summed E-state index contributed by atoms with van der Waals surface area (Å²) in [7, 11) is 0. The van der Waals surface area contributed by atoms with Crippen LogP contribution in [0.5, 0.6) is 0 Å². The van der Waals surface area contributed by atoms with Crippen molar-refractivity contribution in [1.82, 2.24) is 4.90 Å². The Morgan fingerprint density at radius 1 is 1.35 bits per heavy atom. The summed E-state index contributed by atoms with van der Waals surface area (Å²) in [5, 5.41) is 9.12. The van der Waals surface area contributed by atoms with Gasteiger partial charge < -0.3 is 9.84 Å². The summed E-state index contributed by atoms with van der Waals surface area (Å²) in [5.74, 6) is -0.628. The molecular formula is C12H21NO4. The van der Waals surface area contributed by atoms with Crippen LogP contribution in [-0.2, 0) is 9.53 Å². The highest BCUT2D eigenvalue weighted by Crippen LogP contribution is 2.24. The number of likely N-dealkylation sites (tertiary alicyclic amines) is 1. The molecule has 5 nitrogen and oxygen atoms in total. The van der Waals surface area contributed by atoms with Crippen LogP contribution in [0, 0.1) is 5.92 Å². The van der Waals surface area contributed by atoms with Crippen molar-refractivity contribution in [3.8, 4) is 0 Å². The van der Waals surface area contributed by atoms with Gasteiger partial charge in [-0.3, -0.25) is 4.90 Å². The maximum Gasteiger partial charge on any atom is 0.411 e. The molecule has 0 saturated carbocycles. The van der Waals surface area contributed by atoms with Gasteiger partial charge in [0.05, 0.1) is 0 Å². The fourth-order valence-corrected chi connectivity index (χ4v) is 1.91. The second kappa shape index (κ2) is 4.94. The molecule has 5 heteroatoms. The summed E-state index contributed by atoms with van der Waals surface area (Å²) in [6.45, 7) is 7.77. The lowest BCUT2D eigenvalue weighted by molar-refractivity contribution is -0.145. The van der Waals surface area contributed by atoms with E-state index in [1.807, 2.05) is 6.92 Å². The summed E-state index contributed by atoms with van der Waals surface area (Å²) in [4.78, 5) is 24.3. The first-order chi connectivity index (χ1) is 7.70. The number of piperidine rings is 1. The molecule has 0 radical (unpaired) electrons. The molecule has 1 N–H and O–H groups in total. The van der Waals surface area contributed by atoms with Crippen molar-refractivity contribution in [3.63, 3.8) is 0 Å². The van der Waals surface area contributed by atoms with Gasteiger partial charge in [0.15, 0.2) is 0 Å². The molecule has 0 bridgehead atoms. The Hall–Kier alpha value is -1.26. The Labute approximate surface area is 102 Å². The summed E-state index contributed by atoms with van der Waals surface area (Å²) in [5.41, 5.74) is -0.594. The number of hydrogen-bond acceptors (Lipinski definition) is 3. The number of nitrogens with zero attached hydrogens (tertiary/aromatic N) is 1. The van der Waals surface area contributed by atoms with Crippen LogP contribution < -0.4 is 0 Å². The standard InChI is InChI=1S/C12H21NO4/c1-8-5-6-13(9(7-8)10(14)15)11(16)17-12(2,3)4/h8-9H,5-7H2,1-4H3,(H,14,15)/t8-,9-/m0/s1. The van der Waals surface area contributed by atoms with Gasteiger partial charge in [0.25, 0.3) is 0 Å². The van der Waals surface area contributed by atoms with E-state index in [1.54, 1.807) is 20.8 Å². The molecule has 1 fully saturated rings.